The maximum Gasteiger partial charge on any atom is 0.221 e. The number of nitrogens with zero attached hydrogens (tertiary/aromatic N) is 2. The largest absolute Gasteiger partial charge is 0.497 e. The van der Waals surface area contributed by atoms with Crippen LogP contribution in [0.4, 0.5) is 0 Å². The molecule has 0 aliphatic heterocycles. The van der Waals surface area contributed by atoms with Crippen molar-refractivity contribution in [2.45, 2.75) is 34.1 Å². The van der Waals surface area contributed by atoms with E-state index in [9.17, 15) is 0 Å². The van der Waals surface area contributed by atoms with E-state index in [-0.39, 0.29) is 0 Å². The monoisotopic (exact) mass is 382 g/mol. The van der Waals surface area contributed by atoms with Gasteiger partial charge >= 0.3 is 0 Å². The van der Waals surface area contributed by atoms with Crippen LogP contribution in [0.2, 0.25) is 0 Å². The molecule has 0 atom stereocenters. The summed E-state index contributed by atoms with van der Waals surface area (Å²) in [6, 6.07) is 3.80. The number of aromatic nitrogens is 1. The van der Waals surface area contributed by atoms with Gasteiger partial charge in [0.2, 0.25) is 11.8 Å². The van der Waals surface area contributed by atoms with Gasteiger partial charge in [0.25, 0.3) is 0 Å². The summed E-state index contributed by atoms with van der Waals surface area (Å²) in [6.07, 6.45) is 13.1. The molecule has 1 rings (SSSR count). The highest BCUT2D eigenvalue weighted by Crippen LogP contribution is 2.15. The van der Waals surface area contributed by atoms with Gasteiger partial charge < -0.3 is 14.2 Å². The third kappa shape index (κ3) is 8.08. The number of methoxy groups -OCH3 is 1. The molecule has 150 valence electrons. The number of ether oxygens (including phenoxy) is 3. The van der Waals surface area contributed by atoms with Crippen molar-refractivity contribution in [3.63, 3.8) is 0 Å². The summed E-state index contributed by atoms with van der Waals surface area (Å²) in [5, 5.41) is 0. The molecule has 5 heteroatoms. The number of rotatable bonds is 10. The Kier molecular flexibility index (Phi) is 10.8. The van der Waals surface area contributed by atoms with Crippen molar-refractivity contribution in [3.8, 4) is 5.88 Å². The maximum atomic E-state index is 6.05. The summed E-state index contributed by atoms with van der Waals surface area (Å²) in [6.45, 7) is 12.1. The van der Waals surface area contributed by atoms with Gasteiger partial charge in [0, 0.05) is 36.0 Å². The molecule has 0 unspecified atom stereocenters. The second-order valence-corrected chi connectivity index (χ2v) is 5.78. The zero-order valence-electron chi connectivity index (χ0n) is 17.4. The number of pyridine rings is 1. The minimum absolute atomic E-state index is 0.530. The smallest absolute Gasteiger partial charge is 0.221 e. The van der Waals surface area contributed by atoms with Gasteiger partial charge in [-0.15, -0.1) is 6.58 Å². The number of aliphatic imine (C=N–C) groups is 1. The highest BCUT2D eigenvalue weighted by molar-refractivity contribution is 5.93. The Morgan fingerprint density at radius 2 is 2.11 bits per heavy atom. The second kappa shape index (κ2) is 13.1. The quantitative estimate of drug-likeness (QED) is 0.172. The fraction of sp³-hybridized carbons (Fsp3) is 0.304. The summed E-state index contributed by atoms with van der Waals surface area (Å²) < 4.78 is 17.0. The van der Waals surface area contributed by atoms with E-state index in [1.165, 1.54) is 6.26 Å². The van der Waals surface area contributed by atoms with E-state index in [0.29, 0.717) is 29.8 Å². The molecule has 0 spiro atoms. The summed E-state index contributed by atoms with van der Waals surface area (Å²) in [7, 11) is 1.61. The molecule has 1 aromatic rings. The van der Waals surface area contributed by atoms with Crippen LogP contribution in [0, 0.1) is 6.92 Å². The molecule has 0 aliphatic carbocycles. The summed E-state index contributed by atoms with van der Waals surface area (Å²) >= 11 is 0. The Hall–Kier alpha value is -3.08. The van der Waals surface area contributed by atoms with E-state index in [1.807, 2.05) is 58.1 Å². The lowest BCUT2D eigenvalue weighted by Crippen LogP contribution is -2.07. The first-order valence-corrected chi connectivity index (χ1v) is 9.22. The SMILES string of the molecule is C=CC/C=C(/C)C(=NCC)OC(/C=C/Oc1ncccc1C)=C/C(=C\C)OC. The Bertz CT molecular complexity index is 787. The average molecular weight is 383 g/mol. The summed E-state index contributed by atoms with van der Waals surface area (Å²) in [5.74, 6) is 2.28. The van der Waals surface area contributed by atoms with Crippen molar-refractivity contribution in [2.75, 3.05) is 13.7 Å². The zero-order valence-corrected chi connectivity index (χ0v) is 17.4. The molecule has 0 bridgehead atoms. The van der Waals surface area contributed by atoms with Crippen LogP contribution in [0.15, 0.2) is 83.6 Å². The number of allylic oxidation sites excluding steroid dienone is 5. The molecule has 0 saturated carbocycles. The lowest BCUT2D eigenvalue weighted by molar-refractivity contribution is 0.302. The molecule has 0 amide bonds. The number of aryl methyl sites for hydroxylation is 1. The Morgan fingerprint density at radius 1 is 1.32 bits per heavy atom. The van der Waals surface area contributed by atoms with Gasteiger partial charge in [-0.25, -0.2) is 4.98 Å². The average Bonchev–Trinajstić information content (AvgIpc) is 2.70. The van der Waals surface area contributed by atoms with Crippen molar-refractivity contribution < 1.29 is 14.2 Å². The molecular formula is C23H30N2O3. The molecule has 0 saturated heterocycles. The molecule has 0 N–H and O–H groups in total. The summed E-state index contributed by atoms with van der Waals surface area (Å²) in [4.78, 5) is 8.67. The van der Waals surface area contributed by atoms with Gasteiger partial charge in [0.15, 0.2) is 0 Å². The second-order valence-electron chi connectivity index (χ2n) is 5.78. The first-order valence-electron chi connectivity index (χ1n) is 9.22. The van der Waals surface area contributed by atoms with Crippen LogP contribution in [0.3, 0.4) is 0 Å². The van der Waals surface area contributed by atoms with E-state index in [4.69, 9.17) is 14.2 Å². The highest BCUT2D eigenvalue weighted by atomic mass is 16.5. The first-order chi connectivity index (χ1) is 13.5. The fourth-order valence-corrected chi connectivity index (χ4v) is 2.11. The zero-order chi connectivity index (χ0) is 20.8. The standard InChI is InChI=1S/C23H30N2O3/c1-7-10-12-19(5)23(24-9-3)28-21(17-20(8-2)26-6)14-16-27-22-18(4)13-11-15-25-22/h7-8,11-17H,1,9-10H2,2-6H3/b16-14+,19-12-,20-8+,21-17+,24-23?. The predicted octanol–water partition coefficient (Wildman–Crippen LogP) is 5.67. The predicted molar refractivity (Wildman–Crippen MR) is 115 cm³/mol. The van der Waals surface area contributed by atoms with Crippen LogP contribution >= 0.6 is 0 Å². The topological polar surface area (TPSA) is 52.9 Å². The highest BCUT2D eigenvalue weighted by Gasteiger charge is 2.07. The van der Waals surface area contributed by atoms with Crippen LogP contribution in [-0.2, 0) is 9.47 Å². The maximum absolute atomic E-state index is 6.05. The van der Waals surface area contributed by atoms with E-state index in [0.717, 1.165) is 17.6 Å². The van der Waals surface area contributed by atoms with Crippen LogP contribution in [0.1, 0.15) is 32.8 Å². The van der Waals surface area contributed by atoms with Gasteiger partial charge in [-0.1, -0.05) is 18.2 Å². The Labute approximate surface area is 168 Å². The molecular weight excluding hydrogens is 352 g/mol. The lowest BCUT2D eigenvalue weighted by atomic mass is 10.2. The molecule has 1 heterocycles. The molecule has 0 aromatic carbocycles. The molecule has 28 heavy (non-hydrogen) atoms. The van der Waals surface area contributed by atoms with E-state index in [2.05, 4.69) is 16.6 Å². The Morgan fingerprint density at radius 3 is 2.71 bits per heavy atom. The first kappa shape index (κ1) is 23.0. The number of hydrogen-bond donors (Lipinski definition) is 0. The van der Waals surface area contributed by atoms with Crippen molar-refractivity contribution in [3.05, 3.63) is 84.2 Å². The minimum atomic E-state index is 0.530. The van der Waals surface area contributed by atoms with Gasteiger partial charge in [-0.05, 0) is 46.3 Å². The van der Waals surface area contributed by atoms with E-state index >= 15 is 0 Å². The van der Waals surface area contributed by atoms with Gasteiger partial charge in [0.1, 0.15) is 11.5 Å². The van der Waals surface area contributed by atoms with E-state index < -0.39 is 0 Å². The van der Waals surface area contributed by atoms with Crippen molar-refractivity contribution >= 4 is 5.90 Å². The molecule has 0 radical (unpaired) electrons. The van der Waals surface area contributed by atoms with Gasteiger partial charge in [-0.2, -0.15) is 0 Å². The van der Waals surface area contributed by atoms with Crippen LogP contribution in [0.25, 0.3) is 0 Å². The van der Waals surface area contributed by atoms with Crippen LogP contribution in [0.5, 0.6) is 5.88 Å². The van der Waals surface area contributed by atoms with Gasteiger partial charge in [-0.3, -0.25) is 4.99 Å². The molecule has 0 fully saturated rings. The Balaban J connectivity index is 3.10. The van der Waals surface area contributed by atoms with Crippen LogP contribution < -0.4 is 4.74 Å². The van der Waals surface area contributed by atoms with Crippen molar-refractivity contribution in [1.29, 1.82) is 0 Å². The molecule has 5 nitrogen and oxygen atoms in total. The molecule has 1 aromatic heterocycles. The lowest BCUT2D eigenvalue weighted by Gasteiger charge is -2.11. The minimum Gasteiger partial charge on any atom is -0.497 e. The van der Waals surface area contributed by atoms with E-state index in [1.54, 1.807) is 25.5 Å². The van der Waals surface area contributed by atoms with Gasteiger partial charge in [0.05, 0.1) is 13.4 Å². The third-order valence-corrected chi connectivity index (χ3v) is 3.62. The van der Waals surface area contributed by atoms with Crippen LogP contribution in [-0.4, -0.2) is 24.5 Å². The van der Waals surface area contributed by atoms with Crippen molar-refractivity contribution in [2.24, 2.45) is 4.99 Å². The normalized spacial score (nSPS) is 13.6. The third-order valence-electron chi connectivity index (χ3n) is 3.62. The number of hydrogen-bond acceptors (Lipinski definition) is 5. The van der Waals surface area contributed by atoms with Crippen molar-refractivity contribution in [1.82, 2.24) is 4.98 Å². The molecule has 0 aliphatic rings. The fourth-order valence-electron chi connectivity index (χ4n) is 2.11. The summed E-state index contributed by atoms with van der Waals surface area (Å²) in [5.41, 5.74) is 1.88.